The molecule has 0 saturated heterocycles. The van der Waals surface area contributed by atoms with Crippen molar-refractivity contribution in [2.75, 3.05) is 0 Å². The first-order valence-electron chi connectivity index (χ1n) is 17.1. The van der Waals surface area contributed by atoms with E-state index in [2.05, 4.69) is 66.7 Å². The molecule has 0 N–H and O–H groups in total. The third-order valence-corrected chi connectivity index (χ3v) is 9.38. The Labute approximate surface area is 298 Å². The van der Waals surface area contributed by atoms with Crippen LogP contribution in [0, 0.1) is 0 Å². The van der Waals surface area contributed by atoms with Gasteiger partial charge >= 0.3 is 0 Å². The number of furan rings is 1. The standard InChI is InChI=1S/C46H28N4O2/c1-3-13-29(14-4-1)43-48-44(50-45(49-43)37-23-12-25-39-41(37)36-21-7-8-24-38(36)51-39)34-20-10-18-32(28-34)31-17-9-19-33(27-31)35-22-11-26-40-42(35)47-46(52-40)30-15-5-2-6-16-30/h1-28H. The zero-order chi connectivity index (χ0) is 34.4. The van der Waals surface area contributed by atoms with Crippen molar-refractivity contribution in [3.8, 4) is 67.9 Å². The van der Waals surface area contributed by atoms with Crippen LogP contribution in [-0.4, -0.2) is 19.9 Å². The summed E-state index contributed by atoms with van der Waals surface area (Å²) in [5, 5.41) is 2.01. The molecular formula is C46H28N4O2. The van der Waals surface area contributed by atoms with Gasteiger partial charge in [-0.3, -0.25) is 0 Å². The quantitative estimate of drug-likeness (QED) is 0.175. The molecule has 3 aromatic heterocycles. The Morgan fingerprint density at radius 2 is 0.865 bits per heavy atom. The van der Waals surface area contributed by atoms with E-state index in [0.717, 1.165) is 77.5 Å². The number of para-hydroxylation sites is 2. The lowest BCUT2D eigenvalue weighted by Gasteiger charge is -2.11. The van der Waals surface area contributed by atoms with Crippen molar-refractivity contribution >= 4 is 33.0 Å². The molecular weight excluding hydrogens is 641 g/mol. The summed E-state index contributed by atoms with van der Waals surface area (Å²) in [5.74, 6) is 2.39. The summed E-state index contributed by atoms with van der Waals surface area (Å²) >= 11 is 0. The molecule has 0 aliphatic rings. The first kappa shape index (κ1) is 29.7. The van der Waals surface area contributed by atoms with Gasteiger partial charge in [0, 0.05) is 38.6 Å². The van der Waals surface area contributed by atoms with E-state index in [1.54, 1.807) is 0 Å². The molecule has 0 amide bonds. The topological polar surface area (TPSA) is 77.8 Å². The zero-order valence-electron chi connectivity index (χ0n) is 27.8. The fourth-order valence-corrected chi connectivity index (χ4v) is 6.89. The second-order valence-corrected chi connectivity index (χ2v) is 12.6. The van der Waals surface area contributed by atoms with E-state index in [-0.39, 0.29) is 0 Å². The van der Waals surface area contributed by atoms with Crippen molar-refractivity contribution in [2.45, 2.75) is 0 Å². The van der Waals surface area contributed by atoms with Crippen LogP contribution in [-0.2, 0) is 0 Å². The maximum atomic E-state index is 6.22. The highest BCUT2D eigenvalue weighted by molar-refractivity contribution is 6.11. The summed E-state index contributed by atoms with van der Waals surface area (Å²) in [4.78, 5) is 20.1. The smallest absolute Gasteiger partial charge is 0.227 e. The van der Waals surface area contributed by atoms with Gasteiger partial charge in [-0.1, -0.05) is 127 Å². The number of rotatable bonds is 6. The minimum Gasteiger partial charge on any atom is -0.456 e. The lowest BCUT2D eigenvalue weighted by atomic mass is 9.97. The Morgan fingerprint density at radius 3 is 1.65 bits per heavy atom. The van der Waals surface area contributed by atoms with Gasteiger partial charge in [0.05, 0.1) is 0 Å². The fourth-order valence-electron chi connectivity index (χ4n) is 6.89. The Hall–Kier alpha value is -7.18. The fraction of sp³-hybridized carbons (Fsp3) is 0. The molecule has 6 heteroatoms. The van der Waals surface area contributed by atoms with Crippen LogP contribution in [0.1, 0.15) is 0 Å². The Bertz CT molecular complexity index is 2910. The molecule has 0 atom stereocenters. The largest absolute Gasteiger partial charge is 0.456 e. The van der Waals surface area contributed by atoms with E-state index in [0.29, 0.717) is 23.4 Å². The molecule has 0 aliphatic carbocycles. The van der Waals surface area contributed by atoms with Crippen molar-refractivity contribution < 1.29 is 8.83 Å². The van der Waals surface area contributed by atoms with Crippen molar-refractivity contribution in [1.82, 2.24) is 19.9 Å². The molecule has 10 aromatic rings. The number of hydrogen-bond acceptors (Lipinski definition) is 6. The highest BCUT2D eigenvalue weighted by atomic mass is 16.3. The Balaban J connectivity index is 1.08. The van der Waals surface area contributed by atoms with Crippen molar-refractivity contribution in [3.05, 3.63) is 170 Å². The van der Waals surface area contributed by atoms with E-state index < -0.39 is 0 Å². The molecule has 0 bridgehead atoms. The minimum atomic E-state index is 0.587. The normalized spacial score (nSPS) is 11.5. The summed E-state index contributed by atoms with van der Waals surface area (Å²) in [6.07, 6.45) is 0. The molecule has 52 heavy (non-hydrogen) atoms. The van der Waals surface area contributed by atoms with Crippen molar-refractivity contribution in [1.29, 1.82) is 0 Å². The number of hydrogen-bond donors (Lipinski definition) is 0. The van der Waals surface area contributed by atoms with Crippen LogP contribution in [0.4, 0.5) is 0 Å². The van der Waals surface area contributed by atoms with E-state index in [1.165, 1.54) is 0 Å². The molecule has 0 unspecified atom stereocenters. The number of aromatic nitrogens is 4. The van der Waals surface area contributed by atoms with Crippen molar-refractivity contribution in [2.24, 2.45) is 0 Å². The van der Waals surface area contributed by atoms with Crippen LogP contribution in [0.2, 0.25) is 0 Å². The monoisotopic (exact) mass is 668 g/mol. The lowest BCUT2D eigenvalue weighted by molar-refractivity contribution is 0.620. The molecule has 0 fully saturated rings. The predicted molar refractivity (Wildman–Crippen MR) is 207 cm³/mol. The average Bonchev–Trinajstić information content (AvgIpc) is 3.84. The number of nitrogens with zero attached hydrogens (tertiary/aromatic N) is 4. The summed E-state index contributed by atoms with van der Waals surface area (Å²) < 4.78 is 12.4. The molecule has 244 valence electrons. The van der Waals surface area contributed by atoms with Gasteiger partial charge in [0.15, 0.2) is 23.1 Å². The van der Waals surface area contributed by atoms with Crippen LogP contribution in [0.5, 0.6) is 0 Å². The van der Waals surface area contributed by atoms with Gasteiger partial charge in [-0.05, 0) is 59.2 Å². The van der Waals surface area contributed by atoms with Gasteiger partial charge in [0.1, 0.15) is 16.7 Å². The van der Waals surface area contributed by atoms with Crippen LogP contribution < -0.4 is 0 Å². The molecule has 0 saturated carbocycles. The van der Waals surface area contributed by atoms with E-state index in [4.69, 9.17) is 28.8 Å². The van der Waals surface area contributed by atoms with E-state index in [9.17, 15) is 0 Å². The summed E-state index contributed by atoms with van der Waals surface area (Å²) in [5.41, 5.74) is 11.0. The predicted octanol–water partition coefficient (Wildman–Crippen LogP) is 11.9. The second kappa shape index (κ2) is 12.3. The Kier molecular flexibility index (Phi) is 7.03. The number of fused-ring (bicyclic) bond motifs is 4. The molecule has 0 radical (unpaired) electrons. The van der Waals surface area contributed by atoms with Crippen LogP contribution >= 0.6 is 0 Å². The van der Waals surface area contributed by atoms with Gasteiger partial charge in [0.25, 0.3) is 0 Å². The minimum absolute atomic E-state index is 0.587. The highest BCUT2D eigenvalue weighted by Gasteiger charge is 2.18. The van der Waals surface area contributed by atoms with Crippen LogP contribution in [0.3, 0.4) is 0 Å². The number of benzene rings is 7. The summed E-state index contributed by atoms with van der Waals surface area (Å²) in [6, 6.07) is 57.1. The Morgan fingerprint density at radius 1 is 0.327 bits per heavy atom. The molecule has 3 heterocycles. The lowest BCUT2D eigenvalue weighted by Crippen LogP contribution is -2.00. The summed E-state index contributed by atoms with van der Waals surface area (Å²) in [7, 11) is 0. The number of oxazole rings is 1. The van der Waals surface area contributed by atoms with Gasteiger partial charge < -0.3 is 8.83 Å². The third-order valence-electron chi connectivity index (χ3n) is 9.38. The second-order valence-electron chi connectivity index (χ2n) is 12.6. The van der Waals surface area contributed by atoms with Gasteiger partial charge in [-0.25, -0.2) is 19.9 Å². The van der Waals surface area contributed by atoms with Crippen LogP contribution in [0.25, 0.3) is 101 Å². The summed E-state index contributed by atoms with van der Waals surface area (Å²) in [6.45, 7) is 0. The maximum absolute atomic E-state index is 6.22. The van der Waals surface area contributed by atoms with Gasteiger partial charge in [0.2, 0.25) is 5.89 Å². The van der Waals surface area contributed by atoms with Gasteiger partial charge in [-0.2, -0.15) is 0 Å². The maximum Gasteiger partial charge on any atom is 0.227 e. The molecule has 6 nitrogen and oxygen atoms in total. The SMILES string of the molecule is c1ccc(-c2nc(-c3cccc(-c4cccc(-c5cccc6oc(-c7ccccc7)nc56)c4)c3)nc(-c3cccc4oc5ccccc5c34)n2)cc1. The highest BCUT2D eigenvalue weighted by Crippen LogP contribution is 2.38. The molecule has 10 rings (SSSR count). The van der Waals surface area contributed by atoms with Crippen LogP contribution in [0.15, 0.2) is 179 Å². The van der Waals surface area contributed by atoms with Crippen molar-refractivity contribution in [3.63, 3.8) is 0 Å². The first-order valence-corrected chi connectivity index (χ1v) is 17.1. The van der Waals surface area contributed by atoms with Gasteiger partial charge in [-0.15, -0.1) is 0 Å². The first-order chi connectivity index (χ1) is 25.7. The third kappa shape index (κ3) is 5.22. The van der Waals surface area contributed by atoms with E-state index in [1.807, 2.05) is 103 Å². The molecule has 7 aromatic carbocycles. The molecule has 0 aliphatic heterocycles. The average molecular weight is 669 g/mol. The molecule has 0 spiro atoms. The van der Waals surface area contributed by atoms with E-state index >= 15 is 0 Å². The zero-order valence-corrected chi connectivity index (χ0v) is 27.8.